The van der Waals surface area contributed by atoms with Gasteiger partial charge in [0, 0.05) is 0 Å². The summed E-state index contributed by atoms with van der Waals surface area (Å²) in [7, 11) is 1.52. The molecule has 0 fully saturated rings. The molecule has 138 valence electrons. The van der Waals surface area contributed by atoms with E-state index in [1.165, 1.54) is 19.3 Å². The Bertz CT molecular complexity index is 1080. The van der Waals surface area contributed by atoms with E-state index in [0.29, 0.717) is 29.1 Å². The molecule has 0 saturated carbocycles. The van der Waals surface area contributed by atoms with Crippen LogP contribution >= 0.6 is 0 Å². The highest BCUT2D eigenvalue weighted by Gasteiger charge is 2.18. The third kappa shape index (κ3) is 3.69. The zero-order valence-electron chi connectivity index (χ0n) is 14.9. The van der Waals surface area contributed by atoms with E-state index >= 15 is 0 Å². The van der Waals surface area contributed by atoms with Crippen LogP contribution in [0, 0.1) is 0 Å². The highest BCUT2D eigenvalue weighted by atomic mass is 16.5. The van der Waals surface area contributed by atoms with Gasteiger partial charge in [0.1, 0.15) is 16.9 Å². The number of methoxy groups -OCH3 is 1. The number of carbonyl (C=O) groups excluding carboxylic acids is 1. The van der Waals surface area contributed by atoms with Gasteiger partial charge in [-0.15, -0.1) is 0 Å². The van der Waals surface area contributed by atoms with E-state index < -0.39 is 17.0 Å². The van der Waals surface area contributed by atoms with Crippen molar-refractivity contribution < 1.29 is 23.8 Å². The van der Waals surface area contributed by atoms with Crippen LogP contribution in [0.4, 0.5) is 0 Å². The summed E-state index contributed by atoms with van der Waals surface area (Å²) in [6, 6.07) is 11.7. The van der Waals surface area contributed by atoms with Gasteiger partial charge < -0.3 is 19.0 Å². The predicted molar refractivity (Wildman–Crippen MR) is 102 cm³/mol. The molecule has 3 rings (SSSR count). The molecule has 0 spiro atoms. The predicted octanol–water partition coefficient (Wildman–Crippen LogP) is 3.80. The van der Waals surface area contributed by atoms with E-state index in [-0.39, 0.29) is 11.3 Å². The van der Waals surface area contributed by atoms with Crippen molar-refractivity contribution in [2.24, 2.45) is 0 Å². The summed E-state index contributed by atoms with van der Waals surface area (Å²) in [5.41, 5.74) is -0.391. The summed E-state index contributed by atoms with van der Waals surface area (Å²) in [5.74, 6) is 0.0800. The van der Waals surface area contributed by atoms with E-state index in [9.17, 15) is 14.7 Å². The van der Waals surface area contributed by atoms with E-state index in [0.717, 1.165) is 0 Å². The minimum Gasteiger partial charge on any atom is -0.506 e. The molecule has 0 aliphatic carbocycles. The molecule has 1 N–H and O–H groups in total. The maximum atomic E-state index is 12.5. The van der Waals surface area contributed by atoms with E-state index in [1.807, 2.05) is 6.92 Å². The Labute approximate surface area is 155 Å². The van der Waals surface area contributed by atoms with Gasteiger partial charge in [-0.25, -0.2) is 4.79 Å². The zero-order valence-corrected chi connectivity index (χ0v) is 14.9. The van der Waals surface area contributed by atoms with Gasteiger partial charge in [-0.2, -0.15) is 0 Å². The van der Waals surface area contributed by atoms with Crippen LogP contribution in [0.25, 0.3) is 17.0 Å². The molecular weight excluding hydrogens is 348 g/mol. The number of hydrogen-bond acceptors (Lipinski definition) is 6. The van der Waals surface area contributed by atoms with Crippen LogP contribution in [0.2, 0.25) is 0 Å². The Morgan fingerprint density at radius 2 is 1.96 bits per heavy atom. The van der Waals surface area contributed by atoms with Crippen LogP contribution in [-0.4, -0.2) is 24.6 Å². The molecule has 2 aromatic carbocycles. The van der Waals surface area contributed by atoms with Crippen molar-refractivity contribution in [2.75, 3.05) is 13.7 Å². The second-order valence-corrected chi connectivity index (χ2v) is 5.65. The quantitative estimate of drug-likeness (QED) is 0.406. The average molecular weight is 366 g/mol. The number of carbonyl (C=O) groups is 1. The van der Waals surface area contributed by atoms with Gasteiger partial charge in [-0.05, 0) is 42.8 Å². The molecule has 3 aromatic rings. The monoisotopic (exact) mass is 366 g/mol. The first-order valence-corrected chi connectivity index (χ1v) is 8.33. The number of aromatic hydroxyl groups is 1. The number of rotatable bonds is 6. The average Bonchev–Trinajstić information content (AvgIpc) is 2.67. The third-order valence-electron chi connectivity index (χ3n) is 3.95. The number of allylic oxidation sites excluding steroid dienone is 1. The lowest BCUT2D eigenvalue weighted by Gasteiger charge is -2.09. The van der Waals surface area contributed by atoms with Crippen molar-refractivity contribution >= 4 is 22.8 Å². The molecule has 0 aliphatic heterocycles. The van der Waals surface area contributed by atoms with Crippen molar-refractivity contribution in [3.63, 3.8) is 0 Å². The zero-order chi connectivity index (χ0) is 19.4. The number of benzene rings is 2. The Balaban J connectivity index is 1.94. The maximum absolute atomic E-state index is 12.5. The summed E-state index contributed by atoms with van der Waals surface area (Å²) < 4.78 is 15.8. The normalized spacial score (nSPS) is 11.0. The molecule has 1 heterocycles. The lowest BCUT2D eigenvalue weighted by molar-refractivity contribution is 0.104. The van der Waals surface area contributed by atoms with Crippen molar-refractivity contribution in [1.82, 2.24) is 0 Å². The van der Waals surface area contributed by atoms with Crippen LogP contribution in [-0.2, 0) is 0 Å². The van der Waals surface area contributed by atoms with Crippen LogP contribution in [0.1, 0.15) is 22.8 Å². The summed E-state index contributed by atoms with van der Waals surface area (Å²) in [6.07, 6.45) is 2.73. The Morgan fingerprint density at radius 3 is 2.70 bits per heavy atom. The molecule has 0 saturated heterocycles. The largest absolute Gasteiger partial charge is 0.506 e. The topological polar surface area (TPSA) is 86.0 Å². The number of fused-ring (bicyclic) bond motifs is 1. The highest BCUT2D eigenvalue weighted by molar-refractivity contribution is 6.10. The molecule has 1 aromatic heterocycles. The number of para-hydroxylation sites is 1. The minimum atomic E-state index is -0.884. The first kappa shape index (κ1) is 18.3. The smallest absolute Gasteiger partial charge is 0.351 e. The summed E-state index contributed by atoms with van der Waals surface area (Å²) >= 11 is 0. The summed E-state index contributed by atoms with van der Waals surface area (Å²) in [6.45, 7) is 2.37. The fourth-order valence-corrected chi connectivity index (χ4v) is 2.67. The molecule has 0 atom stereocenters. The first-order valence-electron chi connectivity index (χ1n) is 8.33. The van der Waals surface area contributed by atoms with Gasteiger partial charge in [-0.1, -0.05) is 24.3 Å². The lowest BCUT2D eigenvalue weighted by atomic mass is 10.1. The highest BCUT2D eigenvalue weighted by Crippen LogP contribution is 2.29. The molecular formula is C21H18O6. The van der Waals surface area contributed by atoms with E-state index in [4.69, 9.17) is 13.9 Å². The van der Waals surface area contributed by atoms with Crippen LogP contribution in [0.3, 0.4) is 0 Å². The standard InChI is InChI=1S/C21H18O6/c1-3-26-17-11-9-13(12-18(17)25-2)8-10-15(22)19-20(23)14-6-4-5-7-16(14)27-21(19)24/h4-12,23H,3H2,1-2H3. The number of ketones is 1. The van der Waals surface area contributed by atoms with Crippen molar-refractivity contribution in [3.8, 4) is 17.2 Å². The molecule has 0 amide bonds. The van der Waals surface area contributed by atoms with Gasteiger partial charge in [0.25, 0.3) is 0 Å². The summed E-state index contributed by atoms with van der Waals surface area (Å²) in [5, 5.41) is 10.6. The van der Waals surface area contributed by atoms with Crippen molar-refractivity contribution in [1.29, 1.82) is 0 Å². The van der Waals surface area contributed by atoms with Gasteiger partial charge >= 0.3 is 5.63 Å². The molecule has 0 bridgehead atoms. The molecule has 0 unspecified atom stereocenters. The molecule has 6 nitrogen and oxygen atoms in total. The Kier molecular flexibility index (Phi) is 5.26. The number of hydrogen-bond donors (Lipinski definition) is 1. The summed E-state index contributed by atoms with van der Waals surface area (Å²) in [4.78, 5) is 24.6. The first-order chi connectivity index (χ1) is 13.0. The lowest BCUT2D eigenvalue weighted by Crippen LogP contribution is -2.12. The number of ether oxygens (including phenoxy) is 2. The van der Waals surface area contributed by atoms with Gasteiger partial charge in [0.05, 0.1) is 19.1 Å². The van der Waals surface area contributed by atoms with Crippen molar-refractivity contribution in [2.45, 2.75) is 6.92 Å². The van der Waals surface area contributed by atoms with Gasteiger partial charge in [0.2, 0.25) is 0 Å². The molecule has 0 aliphatic rings. The second-order valence-electron chi connectivity index (χ2n) is 5.65. The van der Waals surface area contributed by atoms with Crippen molar-refractivity contribution in [3.05, 3.63) is 70.1 Å². The van der Waals surface area contributed by atoms with Crippen LogP contribution in [0.15, 0.2) is 57.8 Å². The molecule has 27 heavy (non-hydrogen) atoms. The Morgan fingerprint density at radius 1 is 1.19 bits per heavy atom. The second kappa shape index (κ2) is 7.78. The molecule has 6 heteroatoms. The van der Waals surface area contributed by atoms with E-state index in [1.54, 1.807) is 42.5 Å². The van der Waals surface area contributed by atoms with Gasteiger partial charge in [-0.3, -0.25) is 4.79 Å². The fourth-order valence-electron chi connectivity index (χ4n) is 2.67. The molecule has 0 radical (unpaired) electrons. The van der Waals surface area contributed by atoms with E-state index in [2.05, 4.69) is 0 Å². The van der Waals surface area contributed by atoms with Gasteiger partial charge in [0.15, 0.2) is 17.3 Å². The SMILES string of the molecule is CCOc1ccc(C=CC(=O)c2c(O)c3ccccc3oc2=O)cc1OC. The fraction of sp³-hybridized carbons (Fsp3) is 0.143. The van der Waals surface area contributed by atoms with Crippen LogP contribution in [0.5, 0.6) is 17.2 Å². The van der Waals surface area contributed by atoms with Crippen LogP contribution < -0.4 is 15.1 Å². The third-order valence-corrected chi connectivity index (χ3v) is 3.95. The minimum absolute atomic E-state index is 0.219. The Hall–Kier alpha value is -3.54. The maximum Gasteiger partial charge on any atom is 0.351 e.